The van der Waals surface area contributed by atoms with Crippen molar-refractivity contribution in [1.82, 2.24) is 33.6 Å². The average Bonchev–Trinajstić information content (AvgIpc) is 1.60. The van der Waals surface area contributed by atoms with Gasteiger partial charge in [-0.05, 0) is 124 Å². The minimum absolute atomic E-state index is 0.00106. The largest absolute Gasteiger partial charge is 0.382 e. The monoisotopic (exact) mass is 2010 g/mol. The molecule has 12 unspecified atom stereocenters. The number of carbonyl (C=O) groups is 8. The maximum atomic E-state index is 14.3. The van der Waals surface area contributed by atoms with Gasteiger partial charge in [0, 0.05) is 100 Å². The molecule has 6 aromatic rings. The minimum Gasteiger partial charge on any atom is -0.382 e. The van der Waals surface area contributed by atoms with E-state index in [1.807, 2.05) is 72.9 Å². The van der Waals surface area contributed by atoms with Crippen molar-refractivity contribution in [3.8, 4) is 18.2 Å². The van der Waals surface area contributed by atoms with Crippen LogP contribution in [0.3, 0.4) is 0 Å². The van der Waals surface area contributed by atoms with E-state index in [-0.39, 0.29) is 163 Å². The van der Waals surface area contributed by atoms with Crippen LogP contribution in [0, 0.1) is 90.3 Å². The van der Waals surface area contributed by atoms with Crippen LogP contribution in [0.15, 0.2) is 194 Å². The molecule has 7 aliphatic heterocycles. The molecule has 746 valence electrons. The number of allylic oxidation sites excluding steroid dienone is 6. The molecule has 0 radical (unpaired) electrons. The Labute approximate surface area is 820 Å². The van der Waals surface area contributed by atoms with Gasteiger partial charge in [0.1, 0.15) is 37.0 Å². The third-order valence-corrected chi connectivity index (χ3v) is 27.8. The van der Waals surface area contributed by atoms with Gasteiger partial charge in [-0.15, -0.1) is 0 Å². The number of aryl methyl sites for hydroxylation is 3. The molecule has 3 N–H and O–H groups in total. The van der Waals surface area contributed by atoms with E-state index in [0.29, 0.717) is 60.5 Å². The molecular weight excluding hydrogens is 1890 g/mol. The highest BCUT2D eigenvalue weighted by molar-refractivity contribution is 7.42. The highest BCUT2D eigenvalue weighted by atomic mass is 31.2. The van der Waals surface area contributed by atoms with Crippen LogP contribution < -0.4 is 48.4 Å². The standard InChI is InChI=1S/C55H66N8O18P2.C21H14N2O4.C20H28N3O7P/c1-32-27-60(54(70)58-48(32)64)44-25-40(42(78-44)30-72-3)80-82(74-21-7-19-56)76-23-17-35-9-5-11-38-46(35)52(68)62(50(38)66)29-34-13-15-37(16-14-34)63-51(67)39-12-6-10-36(47(39)53(63)69)18-24-77-83(75-22-8-20-57)81-41-26-45(79-43(41)31-73-4)61-28-33(2)49(65)59-55(61)71;24-18-9-10-19(25)22(18)16-5-1-14(2-6-16)13-15-3-7-17(8-4-15)23-20(26)11-12-21(23)27;1-4-5-6-7-10-27-31(28-11-8-9-21)30-16-12-18(29-17(16)14-26-3)23-13-15(2)19(24)22-20(23)25/h5-6,9-10,13-16,27-28,35-36,38-47H,7-8,11-12,17-18,21-26,29-31H2,1-4H3,(H,58,64,70)(H,59,65,71);1-12H,13H2;4-6,13,16-18H,1,7-8,10-12,14H2,2-3H3,(H,22,24,25)/b;;6-5+/t35?,36?,38?,39?,40-,41-,42-,43-,44-,45-,46?,47?,82?,83?;;16-,17-,18-,31?/m1.1/s1/i3TD,4TD;;3TD/t3?,4?,35?,36?,38?,39?,40-,41-,42-,43-,44-,45-,46?,47?,82?,83?;;3?,16-,17-,18-,31?. The molecular formula is C96H108N13O29P3. The molecule has 3 aromatic heterocycles. The number of H-pyrrole nitrogens is 3. The summed E-state index contributed by atoms with van der Waals surface area (Å²) >= 11 is 0. The van der Waals surface area contributed by atoms with Gasteiger partial charge in [0.05, 0.1) is 171 Å². The number of benzene rings is 3. The molecule has 5 fully saturated rings. The molecule has 2 aliphatic carbocycles. The SMILES string of the molecule is O=C1C=CC(=O)N1c1ccc(Cc2ccc(N3C(=O)C=CC3=O)cc2)cc1.[2H]C([3H])OC[C@H]1O[C@@H](n2cc(C)c(=O)[nH]c2=O)C[C@H]1OP(OCCC#N)OCC/C=C/C=C.[2H]C([3H])OC[C@H]1O[C@@H](n2cc(C)c(=O)[nH]c2=O)C[C@H]1OP(OCCC#N)OCCC1C=CCC2C(=O)N(Cc3ccc(N4C(=O)C5CC=CC(CCOP(OCCC#N)O[C@@H]6C[C@H](n7cc(C)c(=O)[nH]c7=O)O[C@@H]6COC([2H])[3H])C5C4=O)cc3)C(=O)C12. The van der Waals surface area contributed by atoms with Gasteiger partial charge < -0.3 is 69.1 Å². The molecule has 45 heteroatoms. The van der Waals surface area contributed by atoms with Crippen molar-refractivity contribution in [2.75, 3.05) is 95.3 Å². The zero-order chi connectivity index (χ0) is 105. The Morgan fingerprint density at radius 1 is 0.461 bits per heavy atom. The Kier molecular flexibility index (Phi) is 35.3. The van der Waals surface area contributed by atoms with Crippen LogP contribution in [0.25, 0.3) is 0 Å². The van der Waals surface area contributed by atoms with E-state index in [0.717, 1.165) is 25.8 Å². The van der Waals surface area contributed by atoms with Gasteiger partial charge in [-0.25, -0.2) is 24.2 Å². The second-order valence-corrected chi connectivity index (χ2v) is 37.0. The molecule has 9 aliphatic rings. The van der Waals surface area contributed by atoms with Crippen LogP contribution in [0.5, 0.6) is 0 Å². The Morgan fingerprint density at radius 2 is 0.809 bits per heavy atom. The summed E-state index contributed by atoms with van der Waals surface area (Å²) in [4.78, 5) is 188. The highest BCUT2D eigenvalue weighted by Gasteiger charge is 2.54. The van der Waals surface area contributed by atoms with Crippen LogP contribution in [-0.2, 0) is 120 Å². The van der Waals surface area contributed by atoms with Crippen LogP contribution >= 0.6 is 25.8 Å². The quantitative estimate of drug-likeness (QED) is 0.0105. The molecule has 0 saturated carbocycles. The van der Waals surface area contributed by atoms with E-state index in [9.17, 15) is 77.6 Å². The molecule has 0 spiro atoms. The summed E-state index contributed by atoms with van der Waals surface area (Å²) in [5.41, 5.74) is 1.15. The fourth-order valence-corrected chi connectivity index (χ4v) is 20.5. The summed E-state index contributed by atoms with van der Waals surface area (Å²) in [6, 6.07) is 26.9. The first-order valence-corrected chi connectivity index (χ1v) is 48.3. The number of hydrogen-bond donors (Lipinski definition) is 3. The Morgan fingerprint density at radius 3 is 1.18 bits per heavy atom. The third-order valence-electron chi connectivity index (χ3n) is 24.1. The van der Waals surface area contributed by atoms with Gasteiger partial charge in [0.15, 0.2) is 0 Å². The number of nitrogens with one attached hydrogen (secondary N) is 3. The second-order valence-electron chi connectivity index (χ2n) is 33.4. The number of aromatic amines is 3. The number of hydrogen-bond acceptors (Lipinski definition) is 32. The first-order valence-electron chi connectivity index (χ1n) is 48.5. The van der Waals surface area contributed by atoms with Gasteiger partial charge in [-0.3, -0.25) is 91.2 Å². The van der Waals surface area contributed by atoms with E-state index in [1.165, 1.54) is 75.3 Å². The summed E-state index contributed by atoms with van der Waals surface area (Å²) in [5.74, 6) is -6.50. The maximum Gasteiger partial charge on any atom is 0.333 e. The number of imide groups is 4. The fourth-order valence-electron chi connectivity index (χ4n) is 17.1. The Balaban J connectivity index is 0.000000242. The summed E-state index contributed by atoms with van der Waals surface area (Å²) in [6.45, 7) is 7.80. The van der Waals surface area contributed by atoms with Crippen LogP contribution in [-0.4, -0.2) is 198 Å². The molecule has 21 atom stereocenters. The van der Waals surface area contributed by atoms with Crippen molar-refractivity contribution in [1.29, 1.82) is 15.8 Å². The number of aromatic nitrogens is 6. The highest BCUT2D eigenvalue weighted by Crippen LogP contribution is 2.51. The van der Waals surface area contributed by atoms with E-state index < -0.39 is 177 Å². The lowest BCUT2D eigenvalue weighted by atomic mass is 9.76. The lowest BCUT2D eigenvalue weighted by Gasteiger charge is -2.27. The third kappa shape index (κ3) is 26.8. The van der Waals surface area contributed by atoms with E-state index in [2.05, 4.69) is 21.5 Å². The van der Waals surface area contributed by atoms with E-state index in [4.69, 9.17) is 82.6 Å². The van der Waals surface area contributed by atoms with Crippen molar-refractivity contribution in [2.45, 2.75) is 160 Å². The van der Waals surface area contributed by atoms with Gasteiger partial charge in [-0.1, -0.05) is 85.5 Å². The van der Waals surface area contributed by atoms with Crippen molar-refractivity contribution in [2.24, 2.45) is 35.5 Å². The molecule has 5 saturated heterocycles. The minimum atomic E-state index is -2.20. The predicted octanol–water partition coefficient (Wildman–Crippen LogP) is 9.14. The number of anilines is 3. The van der Waals surface area contributed by atoms with Crippen molar-refractivity contribution >= 4 is 90.1 Å². The number of ether oxygens (including phenoxy) is 6. The lowest BCUT2D eigenvalue weighted by Crippen LogP contribution is -2.33. The van der Waals surface area contributed by atoms with Gasteiger partial charge in [0.2, 0.25) is 23.6 Å². The average molecular weight is 2010 g/mol. The van der Waals surface area contributed by atoms with E-state index >= 15 is 0 Å². The second kappa shape index (κ2) is 51.0. The molecule has 10 heterocycles. The van der Waals surface area contributed by atoms with Crippen molar-refractivity contribution in [3.05, 3.63) is 261 Å². The lowest BCUT2D eigenvalue weighted by molar-refractivity contribution is -0.141. The molecule has 15 rings (SSSR count). The van der Waals surface area contributed by atoms with Crippen LogP contribution in [0.1, 0.15) is 131 Å². The maximum absolute atomic E-state index is 14.3. The van der Waals surface area contributed by atoms with Crippen molar-refractivity contribution in [3.63, 3.8) is 0 Å². The molecule has 141 heavy (non-hydrogen) atoms. The molecule has 8 amide bonds. The van der Waals surface area contributed by atoms with Crippen molar-refractivity contribution < 1.29 is 116 Å². The van der Waals surface area contributed by atoms with Crippen LogP contribution in [0.2, 0.25) is 0 Å². The number of amides is 8. The van der Waals surface area contributed by atoms with E-state index in [1.54, 1.807) is 67.6 Å². The molecule has 0 bridgehead atoms. The summed E-state index contributed by atoms with van der Waals surface area (Å²) in [5, 5.41) is 27.3. The number of likely N-dealkylation sites (tertiary alicyclic amines) is 1. The molecule has 3 aromatic carbocycles. The number of nitriles is 3. The van der Waals surface area contributed by atoms with Gasteiger partial charge >= 0.3 is 42.9 Å². The van der Waals surface area contributed by atoms with Gasteiger partial charge in [-0.2, -0.15) is 15.8 Å². The summed E-state index contributed by atoms with van der Waals surface area (Å²) in [6.07, 6.45) is 17.3. The predicted molar refractivity (Wildman–Crippen MR) is 506 cm³/mol. The topological polar surface area (TPSA) is 524 Å². The molecule has 42 nitrogen and oxygen atoms in total. The first-order chi connectivity index (χ1) is 70.7. The summed E-state index contributed by atoms with van der Waals surface area (Å²) in [7, 11) is -11.1. The van der Waals surface area contributed by atoms with Gasteiger partial charge in [0.25, 0.3) is 40.3 Å². The smallest absolute Gasteiger partial charge is 0.333 e. The summed E-state index contributed by atoms with van der Waals surface area (Å²) < 4.78 is 136. The number of rotatable bonds is 44. The normalized spacial score (nSPS) is 25.7. The Bertz CT molecular complexity index is 6290. The zero-order valence-electron chi connectivity index (χ0n) is 82.8. The first kappa shape index (κ1) is 97.7. The number of methoxy groups -OCH3 is 3. The number of fused-ring (bicyclic) bond motifs is 2. The fraction of sp³-hybridized carbons (Fsp3) is 0.448. The van der Waals surface area contributed by atoms with Crippen LogP contribution in [0.4, 0.5) is 17.1 Å². The number of carbonyl (C=O) groups excluding carboxylic acids is 8. The Hall–Kier alpha value is -12.1. The zero-order valence-corrected chi connectivity index (χ0v) is 79.5. The number of nitrogens with zero attached hydrogens (tertiary/aromatic N) is 10.